The normalized spacial score (nSPS) is 17.2. The Bertz CT molecular complexity index is 786. The molecule has 3 atom stereocenters. The van der Waals surface area contributed by atoms with Gasteiger partial charge in [-0.3, -0.25) is 14.4 Å². The maximum Gasteiger partial charge on any atom is 0.408 e. The van der Waals surface area contributed by atoms with Crippen molar-refractivity contribution >= 4 is 23.8 Å². The molecule has 1 heterocycles. The fourth-order valence-electron chi connectivity index (χ4n) is 3.38. The number of aliphatic hydroxyl groups excluding tert-OH is 1. The molecule has 0 radical (unpaired) electrons. The maximum absolute atomic E-state index is 12.5. The number of alkyl carbamates (subject to hydrolysis) is 1. The van der Waals surface area contributed by atoms with E-state index in [4.69, 9.17) is 4.74 Å². The number of ether oxygens (including phenoxy) is 1. The zero-order valence-electron chi connectivity index (χ0n) is 18.4. The van der Waals surface area contributed by atoms with E-state index in [9.17, 15) is 24.3 Å². The summed E-state index contributed by atoms with van der Waals surface area (Å²) in [4.78, 5) is 48.5. The fraction of sp³-hybridized carbons (Fsp3) is 0.545. The molecule has 10 heteroatoms. The molecule has 3 unspecified atom stereocenters. The van der Waals surface area contributed by atoms with Gasteiger partial charge < -0.3 is 31.1 Å². The van der Waals surface area contributed by atoms with Gasteiger partial charge in [0.1, 0.15) is 12.6 Å². The van der Waals surface area contributed by atoms with Crippen LogP contribution >= 0.6 is 0 Å². The van der Waals surface area contributed by atoms with E-state index in [1.54, 1.807) is 13.8 Å². The number of aliphatic hydroxyl groups is 1. The smallest absolute Gasteiger partial charge is 0.408 e. The summed E-state index contributed by atoms with van der Waals surface area (Å²) >= 11 is 0. The van der Waals surface area contributed by atoms with Crippen LogP contribution in [0.15, 0.2) is 30.3 Å². The Labute approximate surface area is 187 Å². The van der Waals surface area contributed by atoms with Gasteiger partial charge in [0.25, 0.3) is 0 Å². The van der Waals surface area contributed by atoms with Crippen LogP contribution < -0.4 is 21.3 Å². The lowest BCUT2D eigenvalue weighted by Crippen LogP contribution is -2.52. The van der Waals surface area contributed by atoms with Crippen LogP contribution in [0.2, 0.25) is 0 Å². The van der Waals surface area contributed by atoms with Gasteiger partial charge in [-0.25, -0.2) is 4.79 Å². The monoisotopic (exact) mass is 448 g/mol. The summed E-state index contributed by atoms with van der Waals surface area (Å²) < 4.78 is 5.15. The first-order valence-corrected chi connectivity index (χ1v) is 10.7. The highest BCUT2D eigenvalue weighted by atomic mass is 16.5. The molecule has 4 amide bonds. The van der Waals surface area contributed by atoms with Crippen molar-refractivity contribution in [2.24, 2.45) is 11.8 Å². The molecule has 1 aliphatic heterocycles. The van der Waals surface area contributed by atoms with E-state index in [1.165, 1.54) is 0 Å². The number of hydrogen-bond donors (Lipinski definition) is 5. The molecule has 0 aromatic heterocycles. The standard InChI is InChI=1S/C22H32N4O6/c1-14(2)19(26-22(31)32-13-15-6-4-3-5-7-15)21(30)24-11-18(28)25-17(12-27)10-16-8-9-23-20(16)29/h3-7,14,16-17,19,27H,8-13H2,1-2H3,(H,23,29)(H,24,30)(H,25,28)(H,26,31). The van der Waals surface area contributed by atoms with Crippen molar-refractivity contribution in [2.45, 2.75) is 45.4 Å². The highest BCUT2D eigenvalue weighted by Gasteiger charge is 2.28. The summed E-state index contributed by atoms with van der Waals surface area (Å²) in [6, 6.07) is 7.68. The lowest BCUT2D eigenvalue weighted by atomic mass is 9.99. The Morgan fingerprint density at radius 3 is 2.50 bits per heavy atom. The molecule has 0 bridgehead atoms. The van der Waals surface area contributed by atoms with Crippen LogP contribution in [0.1, 0.15) is 32.3 Å². The van der Waals surface area contributed by atoms with Crippen molar-refractivity contribution < 1.29 is 29.0 Å². The first-order valence-electron chi connectivity index (χ1n) is 10.7. The largest absolute Gasteiger partial charge is 0.445 e. The van der Waals surface area contributed by atoms with Crippen LogP contribution in [0.5, 0.6) is 0 Å². The third-order valence-electron chi connectivity index (χ3n) is 5.18. The maximum atomic E-state index is 12.5. The summed E-state index contributed by atoms with van der Waals surface area (Å²) in [7, 11) is 0. The number of benzene rings is 1. The molecule has 0 spiro atoms. The third-order valence-corrected chi connectivity index (χ3v) is 5.18. The van der Waals surface area contributed by atoms with Gasteiger partial charge >= 0.3 is 6.09 Å². The number of amides is 4. The first kappa shape index (κ1) is 25.1. The van der Waals surface area contributed by atoms with Crippen LogP contribution in [0.4, 0.5) is 4.79 Å². The minimum atomic E-state index is -0.887. The second-order valence-corrected chi connectivity index (χ2v) is 8.10. The Morgan fingerprint density at radius 1 is 1.19 bits per heavy atom. The molecule has 2 rings (SSSR count). The van der Waals surface area contributed by atoms with E-state index < -0.39 is 30.0 Å². The van der Waals surface area contributed by atoms with Crippen LogP contribution in [0.25, 0.3) is 0 Å². The van der Waals surface area contributed by atoms with E-state index >= 15 is 0 Å². The van der Waals surface area contributed by atoms with E-state index in [-0.39, 0.29) is 37.5 Å². The summed E-state index contributed by atoms with van der Waals surface area (Å²) in [5, 5.41) is 19.9. The van der Waals surface area contributed by atoms with Gasteiger partial charge in [-0.05, 0) is 24.3 Å². The van der Waals surface area contributed by atoms with E-state index in [2.05, 4.69) is 21.3 Å². The second-order valence-electron chi connectivity index (χ2n) is 8.10. The molecule has 176 valence electrons. The lowest BCUT2D eigenvalue weighted by Gasteiger charge is -2.22. The number of rotatable bonds is 11. The van der Waals surface area contributed by atoms with Gasteiger partial charge in [-0.2, -0.15) is 0 Å². The van der Waals surface area contributed by atoms with Crippen LogP contribution in [-0.2, 0) is 25.7 Å². The number of nitrogens with one attached hydrogen (secondary N) is 4. The third kappa shape index (κ3) is 8.18. The molecule has 1 aromatic carbocycles. The second kappa shape index (κ2) is 12.7. The predicted molar refractivity (Wildman–Crippen MR) is 116 cm³/mol. The fourth-order valence-corrected chi connectivity index (χ4v) is 3.38. The van der Waals surface area contributed by atoms with E-state index in [1.807, 2.05) is 30.3 Å². The van der Waals surface area contributed by atoms with Gasteiger partial charge in [-0.1, -0.05) is 44.2 Å². The molecular weight excluding hydrogens is 416 g/mol. The van der Waals surface area contributed by atoms with E-state index in [0.717, 1.165) is 5.56 Å². The lowest BCUT2D eigenvalue weighted by molar-refractivity contribution is -0.128. The van der Waals surface area contributed by atoms with Crippen LogP contribution in [0, 0.1) is 11.8 Å². The summed E-state index contributed by atoms with van der Waals surface area (Å²) in [5.74, 6) is -1.60. The highest BCUT2D eigenvalue weighted by Crippen LogP contribution is 2.15. The van der Waals surface area contributed by atoms with Gasteiger partial charge in [0, 0.05) is 12.5 Å². The van der Waals surface area contributed by atoms with Crippen molar-refractivity contribution in [2.75, 3.05) is 19.7 Å². The summed E-state index contributed by atoms with van der Waals surface area (Å²) in [6.45, 7) is 3.54. The molecule has 0 aliphatic carbocycles. The van der Waals surface area contributed by atoms with Crippen molar-refractivity contribution in [3.05, 3.63) is 35.9 Å². The molecule has 10 nitrogen and oxygen atoms in total. The Kier molecular flexibility index (Phi) is 9.93. The minimum absolute atomic E-state index is 0.0725. The Morgan fingerprint density at radius 2 is 1.91 bits per heavy atom. The van der Waals surface area contributed by atoms with Crippen LogP contribution in [-0.4, -0.2) is 60.7 Å². The molecule has 32 heavy (non-hydrogen) atoms. The average molecular weight is 449 g/mol. The van der Waals surface area contributed by atoms with Crippen molar-refractivity contribution in [1.29, 1.82) is 0 Å². The van der Waals surface area contributed by atoms with Crippen LogP contribution in [0.3, 0.4) is 0 Å². The highest BCUT2D eigenvalue weighted by molar-refractivity contribution is 5.89. The van der Waals surface area contributed by atoms with E-state index in [0.29, 0.717) is 19.4 Å². The Balaban J connectivity index is 1.77. The quantitative estimate of drug-likeness (QED) is 0.324. The number of hydrogen-bond acceptors (Lipinski definition) is 6. The zero-order chi connectivity index (χ0) is 23.5. The topological polar surface area (TPSA) is 146 Å². The van der Waals surface area contributed by atoms with Crippen molar-refractivity contribution in [1.82, 2.24) is 21.3 Å². The van der Waals surface area contributed by atoms with Crippen molar-refractivity contribution in [3.63, 3.8) is 0 Å². The van der Waals surface area contributed by atoms with Crippen molar-refractivity contribution in [3.8, 4) is 0 Å². The molecule has 1 aromatic rings. The molecule has 1 saturated heterocycles. The first-order chi connectivity index (χ1) is 15.3. The van der Waals surface area contributed by atoms with Gasteiger partial charge in [0.05, 0.1) is 19.2 Å². The molecule has 5 N–H and O–H groups in total. The summed E-state index contributed by atoms with van der Waals surface area (Å²) in [5.41, 5.74) is 0.818. The average Bonchev–Trinajstić information content (AvgIpc) is 3.18. The van der Waals surface area contributed by atoms with Gasteiger partial charge in [0.2, 0.25) is 17.7 Å². The summed E-state index contributed by atoms with van der Waals surface area (Å²) in [6.07, 6.45) is 0.248. The molecule has 1 aliphatic rings. The molecule has 0 saturated carbocycles. The van der Waals surface area contributed by atoms with Gasteiger partial charge in [-0.15, -0.1) is 0 Å². The number of carbonyl (C=O) groups excluding carboxylic acids is 4. The zero-order valence-corrected chi connectivity index (χ0v) is 18.4. The Hall–Kier alpha value is -3.14. The number of carbonyl (C=O) groups is 4. The SMILES string of the molecule is CC(C)C(NC(=O)OCc1ccccc1)C(=O)NCC(=O)NC(CO)CC1CCNC1=O. The molecular formula is C22H32N4O6. The van der Waals surface area contributed by atoms with Gasteiger partial charge in [0.15, 0.2) is 0 Å². The minimum Gasteiger partial charge on any atom is -0.445 e. The predicted octanol–water partition coefficient (Wildman–Crippen LogP) is 0.0569. The molecule has 1 fully saturated rings.